The SMILES string of the molecule is C[C@@]1(O)C[C@H](c2ccc(C#N)cc2F)n2cncc21. The van der Waals surface area contributed by atoms with Gasteiger partial charge in [0.1, 0.15) is 11.4 Å². The van der Waals surface area contributed by atoms with Crippen molar-refractivity contribution < 1.29 is 9.50 Å². The van der Waals surface area contributed by atoms with Crippen LogP contribution in [0.5, 0.6) is 0 Å². The van der Waals surface area contributed by atoms with Crippen LogP contribution >= 0.6 is 0 Å². The average Bonchev–Trinajstić information content (AvgIpc) is 2.93. The number of imidazole rings is 1. The molecule has 1 aliphatic rings. The van der Waals surface area contributed by atoms with Crippen LogP contribution in [0.4, 0.5) is 4.39 Å². The molecule has 1 aromatic heterocycles. The molecule has 2 aromatic rings. The van der Waals surface area contributed by atoms with E-state index in [1.807, 2.05) is 6.07 Å². The number of benzene rings is 1. The van der Waals surface area contributed by atoms with Crippen molar-refractivity contribution in [2.45, 2.75) is 25.0 Å². The summed E-state index contributed by atoms with van der Waals surface area (Å²) < 4.78 is 15.9. The Morgan fingerprint density at radius 3 is 3.05 bits per heavy atom. The lowest BCUT2D eigenvalue weighted by Gasteiger charge is -2.17. The molecular weight excluding hydrogens is 245 g/mol. The number of aliphatic hydroxyl groups is 1. The minimum Gasteiger partial charge on any atom is -0.384 e. The molecule has 2 atom stereocenters. The summed E-state index contributed by atoms with van der Waals surface area (Å²) in [5.74, 6) is -0.429. The van der Waals surface area contributed by atoms with Gasteiger partial charge in [0.25, 0.3) is 0 Å². The molecule has 0 spiro atoms. The van der Waals surface area contributed by atoms with Gasteiger partial charge in [0.15, 0.2) is 0 Å². The van der Waals surface area contributed by atoms with Crippen LogP contribution in [0.1, 0.15) is 36.2 Å². The van der Waals surface area contributed by atoms with Crippen LogP contribution in [0.2, 0.25) is 0 Å². The van der Waals surface area contributed by atoms with Gasteiger partial charge in [0, 0.05) is 12.0 Å². The lowest BCUT2D eigenvalue weighted by molar-refractivity contribution is 0.0559. The zero-order valence-electron chi connectivity index (χ0n) is 10.3. The zero-order chi connectivity index (χ0) is 13.6. The van der Waals surface area contributed by atoms with Gasteiger partial charge in [0.2, 0.25) is 0 Å². The molecule has 0 amide bonds. The van der Waals surface area contributed by atoms with Gasteiger partial charge >= 0.3 is 0 Å². The van der Waals surface area contributed by atoms with Crippen molar-refractivity contribution in [2.24, 2.45) is 0 Å². The molecular formula is C14H12FN3O. The molecule has 1 aromatic carbocycles. The quantitative estimate of drug-likeness (QED) is 0.851. The highest BCUT2D eigenvalue weighted by Crippen LogP contribution is 2.42. The Bertz CT molecular complexity index is 684. The summed E-state index contributed by atoms with van der Waals surface area (Å²) in [6.07, 6.45) is 3.59. The van der Waals surface area contributed by atoms with Gasteiger partial charge in [-0.25, -0.2) is 9.37 Å². The summed E-state index contributed by atoms with van der Waals surface area (Å²) in [7, 11) is 0. The topological polar surface area (TPSA) is 61.8 Å². The molecule has 4 nitrogen and oxygen atoms in total. The Labute approximate surface area is 109 Å². The molecule has 2 heterocycles. The maximum Gasteiger partial charge on any atom is 0.129 e. The van der Waals surface area contributed by atoms with Crippen molar-refractivity contribution in [3.63, 3.8) is 0 Å². The number of nitriles is 1. The summed E-state index contributed by atoms with van der Waals surface area (Å²) >= 11 is 0. The molecule has 0 saturated carbocycles. The summed E-state index contributed by atoms with van der Waals surface area (Å²) in [4.78, 5) is 4.01. The fraction of sp³-hybridized carbons (Fsp3) is 0.286. The fourth-order valence-corrected chi connectivity index (χ4v) is 2.68. The second kappa shape index (κ2) is 3.90. The van der Waals surface area contributed by atoms with Gasteiger partial charge in [0.05, 0.1) is 35.9 Å². The number of hydrogen-bond donors (Lipinski definition) is 1. The number of halogens is 1. The van der Waals surface area contributed by atoms with Gasteiger partial charge in [-0.1, -0.05) is 6.07 Å². The summed E-state index contributed by atoms with van der Waals surface area (Å²) in [6, 6.07) is 6.02. The maximum atomic E-state index is 14.1. The monoisotopic (exact) mass is 257 g/mol. The molecule has 96 valence electrons. The Kier molecular flexibility index (Phi) is 2.44. The number of nitrogens with zero attached hydrogens (tertiary/aromatic N) is 3. The minimum absolute atomic E-state index is 0.289. The molecule has 19 heavy (non-hydrogen) atoms. The molecule has 0 fully saturated rings. The largest absolute Gasteiger partial charge is 0.384 e. The van der Waals surface area contributed by atoms with E-state index in [9.17, 15) is 9.50 Å². The van der Waals surface area contributed by atoms with Crippen molar-refractivity contribution in [2.75, 3.05) is 0 Å². The Morgan fingerprint density at radius 2 is 2.37 bits per heavy atom. The number of fused-ring (bicyclic) bond motifs is 1. The number of hydrogen-bond acceptors (Lipinski definition) is 3. The van der Waals surface area contributed by atoms with Crippen LogP contribution in [0.3, 0.4) is 0 Å². The number of rotatable bonds is 1. The molecule has 3 rings (SSSR count). The average molecular weight is 257 g/mol. The Balaban J connectivity index is 2.09. The van der Waals surface area contributed by atoms with Crippen LogP contribution in [-0.4, -0.2) is 14.7 Å². The van der Waals surface area contributed by atoms with Crippen LogP contribution in [0.15, 0.2) is 30.7 Å². The Hall–Kier alpha value is -2.19. The number of aromatic nitrogens is 2. The lowest BCUT2D eigenvalue weighted by atomic mass is 9.95. The van der Waals surface area contributed by atoms with E-state index >= 15 is 0 Å². The second-order valence-corrected chi connectivity index (χ2v) is 5.03. The van der Waals surface area contributed by atoms with Crippen molar-refractivity contribution in [1.29, 1.82) is 5.26 Å². The van der Waals surface area contributed by atoms with E-state index < -0.39 is 11.4 Å². The summed E-state index contributed by atoms with van der Waals surface area (Å²) in [6.45, 7) is 1.70. The van der Waals surface area contributed by atoms with E-state index in [4.69, 9.17) is 5.26 Å². The molecule has 5 heteroatoms. The molecule has 0 aliphatic carbocycles. The third-order valence-electron chi connectivity index (χ3n) is 3.63. The molecule has 0 saturated heterocycles. The molecule has 0 radical (unpaired) electrons. The van der Waals surface area contributed by atoms with Crippen molar-refractivity contribution in [1.82, 2.24) is 9.55 Å². The van der Waals surface area contributed by atoms with Gasteiger partial charge < -0.3 is 9.67 Å². The van der Waals surface area contributed by atoms with Gasteiger partial charge in [-0.15, -0.1) is 0 Å². The van der Waals surface area contributed by atoms with E-state index in [0.717, 1.165) is 0 Å². The maximum absolute atomic E-state index is 14.1. The molecule has 0 unspecified atom stereocenters. The molecule has 1 N–H and O–H groups in total. The van der Waals surface area contributed by atoms with Gasteiger partial charge in [-0.3, -0.25) is 0 Å². The third kappa shape index (κ3) is 1.72. The van der Waals surface area contributed by atoms with E-state index in [2.05, 4.69) is 4.98 Å². The van der Waals surface area contributed by atoms with Crippen molar-refractivity contribution in [3.05, 3.63) is 53.4 Å². The summed E-state index contributed by atoms with van der Waals surface area (Å²) in [5.41, 5.74) is 0.427. The highest BCUT2D eigenvalue weighted by Gasteiger charge is 2.40. The van der Waals surface area contributed by atoms with Crippen molar-refractivity contribution >= 4 is 0 Å². The Morgan fingerprint density at radius 1 is 1.58 bits per heavy atom. The van der Waals surface area contributed by atoms with Crippen LogP contribution < -0.4 is 0 Å². The van der Waals surface area contributed by atoms with E-state index in [-0.39, 0.29) is 11.6 Å². The first-order chi connectivity index (χ1) is 9.03. The highest BCUT2D eigenvalue weighted by atomic mass is 19.1. The normalized spacial score (nSPS) is 25.1. The van der Waals surface area contributed by atoms with E-state index in [1.54, 1.807) is 36.1 Å². The van der Waals surface area contributed by atoms with Crippen molar-refractivity contribution in [3.8, 4) is 6.07 Å². The molecule has 0 bridgehead atoms. The molecule has 1 aliphatic heterocycles. The lowest BCUT2D eigenvalue weighted by Crippen LogP contribution is -2.17. The second-order valence-electron chi connectivity index (χ2n) is 5.03. The fourth-order valence-electron chi connectivity index (χ4n) is 2.68. The third-order valence-corrected chi connectivity index (χ3v) is 3.63. The van der Waals surface area contributed by atoms with E-state index in [0.29, 0.717) is 17.7 Å². The first-order valence-corrected chi connectivity index (χ1v) is 5.97. The first kappa shape index (κ1) is 11.9. The smallest absolute Gasteiger partial charge is 0.129 e. The van der Waals surface area contributed by atoms with Crippen LogP contribution in [0.25, 0.3) is 0 Å². The summed E-state index contributed by atoms with van der Waals surface area (Å²) in [5, 5.41) is 19.1. The minimum atomic E-state index is -1.01. The zero-order valence-corrected chi connectivity index (χ0v) is 10.3. The van der Waals surface area contributed by atoms with Crippen LogP contribution in [0, 0.1) is 17.1 Å². The van der Waals surface area contributed by atoms with Gasteiger partial charge in [-0.2, -0.15) is 5.26 Å². The standard InChI is InChI=1S/C14H12FN3O/c1-14(19)5-12(18-8-17-7-13(14)18)10-3-2-9(6-16)4-11(10)15/h2-4,7-8,12,19H,5H2,1H3/t12-,14-/m1/s1. The first-order valence-electron chi connectivity index (χ1n) is 5.97. The van der Waals surface area contributed by atoms with Crippen LogP contribution in [-0.2, 0) is 5.60 Å². The van der Waals surface area contributed by atoms with E-state index in [1.165, 1.54) is 6.07 Å². The highest BCUT2D eigenvalue weighted by molar-refractivity contribution is 5.36. The predicted octanol–water partition coefficient (Wildman–Crippen LogP) is 2.09. The predicted molar refractivity (Wildman–Crippen MR) is 65.7 cm³/mol. The van der Waals surface area contributed by atoms with Gasteiger partial charge in [-0.05, 0) is 19.1 Å².